The minimum absolute atomic E-state index is 0.174. The van der Waals surface area contributed by atoms with Crippen LogP contribution in [0.1, 0.15) is 23.5 Å². The van der Waals surface area contributed by atoms with Crippen molar-refractivity contribution >= 4 is 23.2 Å². The van der Waals surface area contributed by atoms with Crippen molar-refractivity contribution in [3.63, 3.8) is 0 Å². The van der Waals surface area contributed by atoms with E-state index in [4.69, 9.17) is 0 Å². The molecular weight excluding hydrogens is 266 g/mol. The summed E-state index contributed by atoms with van der Waals surface area (Å²) < 4.78 is 4.65. The molecule has 19 heavy (non-hydrogen) atoms. The maximum atomic E-state index is 12.3. The predicted molar refractivity (Wildman–Crippen MR) is 73.1 cm³/mol. The third-order valence-corrected chi connectivity index (χ3v) is 3.46. The molecule has 1 rings (SSSR count). The number of hydrogen-bond donors (Lipinski definition) is 1. The SMILES string of the molecule is COC(=O)C(C)CN(CC(C)O)C(=O)c1cccs1. The maximum Gasteiger partial charge on any atom is 0.310 e. The Labute approximate surface area is 116 Å². The van der Waals surface area contributed by atoms with Gasteiger partial charge in [-0.1, -0.05) is 13.0 Å². The molecule has 106 valence electrons. The van der Waals surface area contributed by atoms with E-state index in [0.29, 0.717) is 4.88 Å². The van der Waals surface area contributed by atoms with Crippen LogP contribution in [0.4, 0.5) is 0 Å². The van der Waals surface area contributed by atoms with E-state index in [-0.39, 0.29) is 25.0 Å². The van der Waals surface area contributed by atoms with Gasteiger partial charge in [0.25, 0.3) is 5.91 Å². The summed E-state index contributed by atoms with van der Waals surface area (Å²) in [5.41, 5.74) is 0. The minimum Gasteiger partial charge on any atom is -0.469 e. The second kappa shape index (κ2) is 7.25. The Kier molecular flexibility index (Phi) is 5.98. The van der Waals surface area contributed by atoms with Gasteiger partial charge in [-0.05, 0) is 18.4 Å². The highest BCUT2D eigenvalue weighted by molar-refractivity contribution is 7.12. The second-order valence-electron chi connectivity index (χ2n) is 4.46. The number of thiophene rings is 1. The minimum atomic E-state index is -0.645. The van der Waals surface area contributed by atoms with Crippen molar-refractivity contribution in [2.45, 2.75) is 20.0 Å². The first kappa shape index (κ1) is 15.7. The molecule has 0 fully saturated rings. The van der Waals surface area contributed by atoms with E-state index in [2.05, 4.69) is 4.74 Å². The van der Waals surface area contributed by atoms with Gasteiger partial charge in [-0.25, -0.2) is 0 Å². The highest BCUT2D eigenvalue weighted by Gasteiger charge is 2.23. The van der Waals surface area contributed by atoms with E-state index in [0.717, 1.165) is 0 Å². The monoisotopic (exact) mass is 285 g/mol. The summed E-state index contributed by atoms with van der Waals surface area (Å²) >= 11 is 1.34. The number of carbonyl (C=O) groups is 2. The van der Waals surface area contributed by atoms with E-state index < -0.39 is 12.0 Å². The molecule has 1 aromatic heterocycles. The number of nitrogens with zero attached hydrogens (tertiary/aromatic N) is 1. The summed E-state index contributed by atoms with van der Waals surface area (Å²) in [5.74, 6) is -0.964. The van der Waals surface area contributed by atoms with Gasteiger partial charge in [0.1, 0.15) is 0 Å². The van der Waals surface area contributed by atoms with E-state index in [1.165, 1.54) is 23.3 Å². The smallest absolute Gasteiger partial charge is 0.310 e. The number of hydrogen-bond acceptors (Lipinski definition) is 5. The average molecular weight is 285 g/mol. The highest BCUT2D eigenvalue weighted by atomic mass is 32.1. The normalized spacial score (nSPS) is 13.7. The van der Waals surface area contributed by atoms with Crippen LogP contribution in [-0.2, 0) is 9.53 Å². The van der Waals surface area contributed by atoms with Crippen molar-refractivity contribution in [2.75, 3.05) is 20.2 Å². The zero-order valence-electron chi connectivity index (χ0n) is 11.3. The lowest BCUT2D eigenvalue weighted by Gasteiger charge is -2.25. The summed E-state index contributed by atoms with van der Waals surface area (Å²) in [5, 5.41) is 11.3. The number of methoxy groups -OCH3 is 1. The summed E-state index contributed by atoms with van der Waals surface area (Å²) in [4.78, 5) is 25.8. The number of aliphatic hydroxyl groups excluding tert-OH is 1. The molecule has 0 bridgehead atoms. The van der Waals surface area contributed by atoms with Gasteiger partial charge in [0.05, 0.1) is 24.0 Å². The van der Waals surface area contributed by atoms with Crippen LogP contribution < -0.4 is 0 Å². The Morgan fingerprint density at radius 3 is 2.58 bits per heavy atom. The van der Waals surface area contributed by atoms with E-state index in [1.807, 2.05) is 5.38 Å². The van der Waals surface area contributed by atoms with Crippen LogP contribution in [0.5, 0.6) is 0 Å². The zero-order chi connectivity index (χ0) is 14.4. The first-order valence-corrected chi connectivity index (χ1v) is 6.92. The van der Waals surface area contributed by atoms with Gasteiger partial charge < -0.3 is 14.7 Å². The fourth-order valence-electron chi connectivity index (χ4n) is 1.72. The Hall–Kier alpha value is -1.40. The van der Waals surface area contributed by atoms with Crippen LogP contribution in [0.25, 0.3) is 0 Å². The van der Waals surface area contributed by atoms with Crippen molar-refractivity contribution in [3.05, 3.63) is 22.4 Å². The summed E-state index contributed by atoms with van der Waals surface area (Å²) in [7, 11) is 1.32. The molecular formula is C13H19NO4S. The quantitative estimate of drug-likeness (QED) is 0.802. The topological polar surface area (TPSA) is 66.8 Å². The molecule has 1 N–H and O–H groups in total. The van der Waals surface area contributed by atoms with Crippen LogP contribution >= 0.6 is 11.3 Å². The van der Waals surface area contributed by atoms with Gasteiger partial charge >= 0.3 is 5.97 Å². The van der Waals surface area contributed by atoms with Gasteiger partial charge in [0, 0.05) is 13.1 Å². The Balaban J connectivity index is 2.77. The molecule has 2 unspecified atom stereocenters. The number of rotatable bonds is 6. The number of aliphatic hydroxyl groups is 1. The molecule has 0 aliphatic rings. The van der Waals surface area contributed by atoms with Crippen molar-refractivity contribution in [2.24, 2.45) is 5.92 Å². The zero-order valence-corrected chi connectivity index (χ0v) is 12.1. The van der Waals surface area contributed by atoms with Gasteiger partial charge in [-0.15, -0.1) is 11.3 Å². The molecule has 0 spiro atoms. The van der Waals surface area contributed by atoms with Crippen molar-refractivity contribution in [3.8, 4) is 0 Å². The maximum absolute atomic E-state index is 12.3. The lowest BCUT2D eigenvalue weighted by atomic mass is 10.1. The Morgan fingerprint density at radius 2 is 2.11 bits per heavy atom. The Morgan fingerprint density at radius 1 is 1.42 bits per heavy atom. The fraction of sp³-hybridized carbons (Fsp3) is 0.538. The molecule has 0 saturated heterocycles. The number of esters is 1. The first-order chi connectivity index (χ1) is 8.95. The number of amides is 1. The summed E-state index contributed by atoms with van der Waals surface area (Å²) in [6.45, 7) is 3.73. The molecule has 1 heterocycles. The highest BCUT2D eigenvalue weighted by Crippen LogP contribution is 2.14. The molecule has 0 aliphatic carbocycles. The molecule has 0 aromatic carbocycles. The van der Waals surface area contributed by atoms with Crippen LogP contribution in [0.2, 0.25) is 0 Å². The lowest BCUT2D eigenvalue weighted by molar-refractivity contribution is -0.145. The third kappa shape index (κ3) is 4.65. The lowest BCUT2D eigenvalue weighted by Crippen LogP contribution is -2.40. The predicted octanol–water partition coefficient (Wildman–Crippen LogP) is 1.38. The fourth-order valence-corrected chi connectivity index (χ4v) is 2.41. The molecule has 1 amide bonds. The third-order valence-electron chi connectivity index (χ3n) is 2.60. The molecule has 1 aromatic rings. The summed E-state index contributed by atoms with van der Waals surface area (Å²) in [6.07, 6.45) is -0.645. The van der Waals surface area contributed by atoms with Crippen LogP contribution in [-0.4, -0.2) is 48.2 Å². The van der Waals surface area contributed by atoms with Crippen LogP contribution in [0, 0.1) is 5.92 Å². The van der Waals surface area contributed by atoms with Gasteiger partial charge in [-0.3, -0.25) is 9.59 Å². The largest absolute Gasteiger partial charge is 0.469 e. The second-order valence-corrected chi connectivity index (χ2v) is 5.41. The van der Waals surface area contributed by atoms with Gasteiger partial charge in [0.2, 0.25) is 0 Å². The van der Waals surface area contributed by atoms with E-state index in [1.54, 1.807) is 26.0 Å². The number of carbonyl (C=O) groups excluding carboxylic acids is 2. The van der Waals surface area contributed by atoms with Crippen LogP contribution in [0.3, 0.4) is 0 Å². The molecule has 5 nitrogen and oxygen atoms in total. The molecule has 2 atom stereocenters. The molecule has 0 saturated carbocycles. The van der Waals surface area contributed by atoms with E-state index in [9.17, 15) is 14.7 Å². The summed E-state index contributed by atoms with van der Waals surface area (Å²) in [6, 6.07) is 3.52. The molecule has 0 radical (unpaired) electrons. The van der Waals surface area contributed by atoms with Gasteiger partial charge in [-0.2, -0.15) is 0 Å². The van der Waals surface area contributed by atoms with Crippen molar-refractivity contribution in [1.82, 2.24) is 4.90 Å². The Bertz CT molecular complexity index is 416. The van der Waals surface area contributed by atoms with Crippen molar-refractivity contribution in [1.29, 1.82) is 0 Å². The molecule has 0 aliphatic heterocycles. The van der Waals surface area contributed by atoms with Crippen LogP contribution in [0.15, 0.2) is 17.5 Å². The average Bonchev–Trinajstić information content (AvgIpc) is 2.89. The van der Waals surface area contributed by atoms with Gasteiger partial charge in [0.15, 0.2) is 0 Å². The van der Waals surface area contributed by atoms with Crippen molar-refractivity contribution < 1.29 is 19.4 Å². The molecule has 6 heteroatoms. The van der Waals surface area contributed by atoms with E-state index >= 15 is 0 Å². The first-order valence-electron chi connectivity index (χ1n) is 6.04. The number of ether oxygens (including phenoxy) is 1. The standard InChI is InChI=1S/C13H19NO4S/c1-9(13(17)18-3)7-14(8-10(2)15)12(16)11-5-4-6-19-11/h4-6,9-10,15H,7-8H2,1-3H3.